The van der Waals surface area contributed by atoms with E-state index in [0.717, 1.165) is 45.8 Å². The Kier molecular flexibility index (Phi) is 14.1. The minimum atomic E-state index is -4.55. The predicted octanol–water partition coefficient (Wildman–Crippen LogP) is 11.9. The van der Waals surface area contributed by atoms with Crippen LogP contribution < -0.4 is 0 Å². The molecule has 0 N–H and O–H groups in total. The van der Waals surface area contributed by atoms with E-state index in [-0.39, 0.29) is 48.2 Å². The van der Waals surface area contributed by atoms with Crippen molar-refractivity contribution in [2.75, 3.05) is 0 Å². The summed E-state index contributed by atoms with van der Waals surface area (Å²) in [5.41, 5.74) is 6.90. The van der Waals surface area contributed by atoms with E-state index in [4.69, 9.17) is 25.2 Å². The molecule has 0 saturated heterocycles. The van der Waals surface area contributed by atoms with Gasteiger partial charge in [0.25, 0.3) is 0 Å². The maximum atomic E-state index is 14.3. The fourth-order valence-electron chi connectivity index (χ4n) is 5.32. The molecule has 0 spiro atoms. The summed E-state index contributed by atoms with van der Waals surface area (Å²) < 4.78 is 46.4. The maximum absolute atomic E-state index is 14.3. The molecule has 0 aliphatic carbocycles. The zero-order valence-electron chi connectivity index (χ0n) is 27.9. The topological polar surface area (TPSA) is 18.9 Å². The Balaban J connectivity index is 0.00000226. The van der Waals surface area contributed by atoms with Crippen LogP contribution in [0.3, 0.4) is 0 Å². The van der Waals surface area contributed by atoms with Crippen LogP contribution in [0.1, 0.15) is 132 Å². The second-order valence-electron chi connectivity index (χ2n) is 12.4. The van der Waals surface area contributed by atoms with Gasteiger partial charge in [-0.1, -0.05) is 91.8 Å². The molecule has 1 heterocycles. The molecule has 0 atom stereocenters. The fraction of sp³-hybridized carbons (Fsp3) is 0.417. The van der Waals surface area contributed by atoms with Crippen molar-refractivity contribution >= 4 is 43.0 Å². The molecule has 248 valence electrons. The Bertz CT molecular complexity index is 1380. The van der Waals surface area contributed by atoms with E-state index in [1.165, 1.54) is 0 Å². The monoisotopic (exact) mass is 703 g/mol. The van der Waals surface area contributed by atoms with Crippen LogP contribution in [0.15, 0.2) is 48.5 Å². The predicted molar refractivity (Wildman–Crippen MR) is 180 cm³/mol. The van der Waals surface area contributed by atoms with Gasteiger partial charge in [-0.25, -0.2) is 0 Å². The van der Waals surface area contributed by atoms with Gasteiger partial charge in [0.05, 0.1) is 17.0 Å². The molecule has 45 heavy (non-hydrogen) atoms. The Morgan fingerprint density at radius 1 is 0.667 bits per heavy atom. The van der Waals surface area contributed by atoms with Gasteiger partial charge in [0.2, 0.25) is 0 Å². The molecular formula is C36H46Cl2F3FeN3. The first kappa shape index (κ1) is 38.7. The van der Waals surface area contributed by atoms with Crippen LogP contribution in [-0.2, 0) is 19.3 Å². The van der Waals surface area contributed by atoms with Crippen molar-refractivity contribution in [3.63, 3.8) is 0 Å². The second-order valence-corrected chi connectivity index (χ2v) is 14.2. The van der Waals surface area contributed by atoms with Crippen molar-refractivity contribution in [2.45, 2.75) is 99.1 Å². The number of para-hydroxylation sites is 2. The van der Waals surface area contributed by atoms with Crippen LogP contribution in [0.4, 0.5) is 24.5 Å². The number of benzene rings is 2. The SMILES string of the molecule is [CH2-][N+](=C(C)c1cc(C(F)(F)F)cc(C(C)=[N+]([CH2-])c2c(C(C)C)cccc2C(C)C)n1)c1c(C(C)C)cccc1C(C)C.[Cl][Fe][Cl]. The Labute approximate surface area is 283 Å². The van der Waals surface area contributed by atoms with Crippen molar-refractivity contribution in [2.24, 2.45) is 0 Å². The molecule has 9 heteroatoms. The number of rotatable bonds is 8. The Hall–Kier alpha value is -2.44. The van der Waals surface area contributed by atoms with Crippen LogP contribution in [-0.4, -0.2) is 25.6 Å². The van der Waals surface area contributed by atoms with E-state index >= 15 is 0 Å². The summed E-state index contributed by atoms with van der Waals surface area (Å²) in [5, 5.41) is 0. The number of alkyl halides is 3. The van der Waals surface area contributed by atoms with E-state index in [9.17, 15) is 13.2 Å². The third-order valence-corrected chi connectivity index (χ3v) is 7.93. The van der Waals surface area contributed by atoms with Gasteiger partial charge in [-0.05, 0) is 71.9 Å². The van der Waals surface area contributed by atoms with E-state index in [1.54, 1.807) is 23.0 Å². The summed E-state index contributed by atoms with van der Waals surface area (Å²) in [6.07, 6.45) is -4.55. The third kappa shape index (κ3) is 9.31. The number of hydrogen-bond donors (Lipinski definition) is 0. The minimum absolute atomic E-state index is 0.194. The average Bonchev–Trinajstić information content (AvgIpc) is 2.98. The molecular weight excluding hydrogens is 658 g/mol. The molecule has 0 fully saturated rings. The number of halogens is 5. The number of pyridine rings is 1. The summed E-state index contributed by atoms with van der Waals surface area (Å²) in [6.45, 7) is 20.4. The summed E-state index contributed by atoms with van der Waals surface area (Å²) in [4.78, 5) is 4.80. The zero-order valence-corrected chi connectivity index (χ0v) is 30.5. The molecule has 0 aliphatic rings. The first-order chi connectivity index (χ1) is 20.9. The molecule has 1 aromatic heterocycles. The molecule has 0 radical (unpaired) electrons. The second kappa shape index (κ2) is 16.4. The Morgan fingerprint density at radius 2 is 0.933 bits per heavy atom. The normalized spacial score (nSPS) is 13.3. The molecule has 0 saturated carbocycles. The van der Waals surface area contributed by atoms with E-state index in [0.29, 0.717) is 11.4 Å². The zero-order chi connectivity index (χ0) is 34.4. The van der Waals surface area contributed by atoms with Crippen LogP contribution in [0, 0.1) is 14.1 Å². The van der Waals surface area contributed by atoms with Gasteiger partial charge in [0, 0.05) is 14.1 Å². The first-order valence-corrected chi connectivity index (χ1v) is 18.0. The average molecular weight is 705 g/mol. The molecule has 2 aromatic carbocycles. The van der Waals surface area contributed by atoms with Gasteiger partial charge < -0.3 is 9.15 Å². The summed E-state index contributed by atoms with van der Waals surface area (Å²) in [5.74, 6) is 0.805. The van der Waals surface area contributed by atoms with Gasteiger partial charge >= 0.3 is 39.5 Å². The standard InChI is InChI=1S/C36H46F3N3.2ClH.Fe/c1-21(2)28-15-13-16-29(22(3)4)34(28)41(11)25(9)32-19-27(36(37,38)39)20-33(40-32)26(10)42(12)35-30(23(5)6)17-14-18-31(35)24(7)8;;;/h13-24H,11-12H2,1-10H3;2*1H;/q;;;+2/p-2. The van der Waals surface area contributed by atoms with Crippen molar-refractivity contribution in [1.29, 1.82) is 0 Å². The summed E-state index contributed by atoms with van der Waals surface area (Å²) in [7, 11) is 18.2. The van der Waals surface area contributed by atoms with Crippen molar-refractivity contribution < 1.29 is 35.5 Å². The van der Waals surface area contributed by atoms with E-state index in [2.05, 4.69) is 93.8 Å². The van der Waals surface area contributed by atoms with Crippen molar-refractivity contribution in [1.82, 2.24) is 4.98 Å². The van der Waals surface area contributed by atoms with E-state index < -0.39 is 11.7 Å². The summed E-state index contributed by atoms with van der Waals surface area (Å²) >= 11 is 0.194. The fourth-order valence-corrected chi connectivity index (χ4v) is 5.32. The van der Waals surface area contributed by atoms with Gasteiger partial charge in [-0.15, -0.1) is 0 Å². The van der Waals surface area contributed by atoms with Gasteiger partial charge in [0.15, 0.2) is 0 Å². The first-order valence-electron chi connectivity index (χ1n) is 15.0. The molecule has 3 rings (SSSR count). The number of aromatic nitrogens is 1. The van der Waals surface area contributed by atoms with Crippen molar-refractivity contribution in [3.05, 3.63) is 102 Å². The van der Waals surface area contributed by atoms with Crippen LogP contribution in [0.5, 0.6) is 0 Å². The molecule has 3 nitrogen and oxygen atoms in total. The van der Waals surface area contributed by atoms with E-state index in [1.807, 2.05) is 12.1 Å². The number of nitrogens with zero attached hydrogens (tertiary/aromatic N) is 3. The summed E-state index contributed by atoms with van der Waals surface area (Å²) in [6, 6.07) is 14.5. The molecule has 0 amide bonds. The van der Waals surface area contributed by atoms with Gasteiger partial charge in [-0.2, -0.15) is 13.2 Å². The number of hydrogen-bond acceptors (Lipinski definition) is 1. The van der Waals surface area contributed by atoms with Crippen LogP contribution in [0.25, 0.3) is 0 Å². The molecule has 0 aliphatic heterocycles. The Morgan fingerprint density at radius 3 is 1.16 bits per heavy atom. The van der Waals surface area contributed by atoms with Gasteiger partial charge in [-0.3, -0.25) is 4.98 Å². The molecule has 3 aromatic rings. The van der Waals surface area contributed by atoms with Gasteiger partial charge in [0.1, 0.15) is 22.8 Å². The van der Waals surface area contributed by atoms with Crippen LogP contribution in [0.2, 0.25) is 0 Å². The quantitative estimate of drug-likeness (QED) is 0.0989. The molecule has 0 unspecified atom stereocenters. The third-order valence-electron chi connectivity index (χ3n) is 7.93. The van der Waals surface area contributed by atoms with Crippen LogP contribution >= 0.6 is 20.2 Å². The van der Waals surface area contributed by atoms with Crippen molar-refractivity contribution in [3.8, 4) is 0 Å². The molecule has 0 bridgehead atoms.